The third kappa shape index (κ3) is 28.2. The lowest BCUT2D eigenvalue weighted by atomic mass is 9.81. The van der Waals surface area contributed by atoms with Gasteiger partial charge in [-0.25, -0.2) is 19.3 Å². The van der Waals surface area contributed by atoms with Crippen molar-refractivity contribution in [3.8, 4) is 17.1 Å². The number of nitrogens with zero attached hydrogens (tertiary/aromatic N) is 6. The molecule has 2 fully saturated rings. The average Bonchev–Trinajstić information content (AvgIpc) is 1.52. The van der Waals surface area contributed by atoms with Crippen LogP contribution >= 0.6 is 0 Å². The number of aromatic nitrogens is 5. The Morgan fingerprint density at radius 2 is 1.31 bits per heavy atom. The molecule has 6 aromatic rings. The second-order valence-corrected chi connectivity index (χ2v) is 29.4. The molecule has 1 aliphatic carbocycles. The first-order valence-corrected chi connectivity index (χ1v) is 41.3. The van der Waals surface area contributed by atoms with Crippen molar-refractivity contribution < 1.29 is 105 Å². The molecule has 120 heavy (non-hydrogen) atoms. The minimum atomic E-state index is -1.78. The normalized spacial score (nSPS) is 17.1. The van der Waals surface area contributed by atoms with E-state index in [0.717, 1.165) is 66.9 Å². The van der Waals surface area contributed by atoms with Gasteiger partial charge < -0.3 is 98.8 Å². The standard InChI is InChI=1S/C61H94N10O16.C24H22N2O7/c1-3-47-14-18-51(19-15-47)65-59(76)53(11-7-8-20-62)67-60(77)54(40-48-9-5-4-6-10-48)66-56(73)45-87-44-55(72)63-21-23-79-25-27-81-29-31-83-33-35-85-37-38-86-36-34-84-32-30-82-28-26-80-24-22-70-43-52(68-69-70)41-64-58(75)50-16-12-49(13-17-50)42-71-57(74)39-46(2)61(71)78;1-4-13-14-8-12(27)6-7-18(14)25-20-15(13)10-26-19(20)9-17-16(21(26)28)11-32-22(29)24(17,5-2)33-23(30)31-3/h4-6,9-10,14-15,18-19,43,46,49-50,53-54H,3,7-8,11-13,16-17,20-42,44-45,62H2,1-2H3,(H,63,72)(H,64,75)(H,65,76)(H,66,73)(H,67,77);6-9,27H,4-5,10-11H2,1-3H3/t46?,49?,50?,53-,54-;24-/m00/s1. The molecule has 8 N–H and O–H groups in total. The Bertz CT molecular complexity index is 4390. The number of methoxy groups -OCH3 is 1. The number of esters is 1. The van der Waals surface area contributed by atoms with Gasteiger partial charge >= 0.3 is 12.1 Å². The van der Waals surface area contributed by atoms with Crippen LogP contribution in [0.5, 0.6) is 5.75 Å². The number of likely N-dealkylation sites (tertiary alicyclic amines) is 1. The molecule has 35 heteroatoms. The van der Waals surface area contributed by atoms with Crippen LogP contribution in [0, 0.1) is 17.8 Å². The highest BCUT2D eigenvalue weighted by molar-refractivity contribution is 6.03. The Morgan fingerprint density at radius 1 is 0.675 bits per heavy atom. The van der Waals surface area contributed by atoms with Gasteiger partial charge in [0.2, 0.25) is 47.0 Å². The number of imide groups is 1. The van der Waals surface area contributed by atoms with E-state index >= 15 is 0 Å². The number of carbonyl (C=O) groups is 9. The molecule has 4 aliphatic rings. The summed E-state index contributed by atoms with van der Waals surface area (Å²) < 4.78 is 68.3. The number of unbranched alkanes of at least 4 members (excludes halogenated alkanes) is 1. The van der Waals surface area contributed by atoms with E-state index in [1.807, 2.05) is 68.4 Å². The molecule has 1 saturated heterocycles. The molecule has 654 valence electrons. The predicted molar refractivity (Wildman–Crippen MR) is 436 cm³/mol. The van der Waals surface area contributed by atoms with Crippen molar-refractivity contribution in [1.29, 1.82) is 0 Å². The minimum absolute atomic E-state index is 0.0107. The van der Waals surface area contributed by atoms with Gasteiger partial charge in [-0.1, -0.05) is 75.4 Å². The summed E-state index contributed by atoms with van der Waals surface area (Å²) in [5.74, 6) is -2.82. The number of rotatable bonds is 51. The summed E-state index contributed by atoms with van der Waals surface area (Å²) >= 11 is 0. The molecule has 3 aliphatic heterocycles. The van der Waals surface area contributed by atoms with E-state index < -0.39 is 54.1 Å². The zero-order valence-corrected chi connectivity index (χ0v) is 69.3. The molecule has 6 heterocycles. The lowest BCUT2D eigenvalue weighted by molar-refractivity contribution is -0.175. The Hall–Kier alpha value is -10.2. The van der Waals surface area contributed by atoms with Crippen LogP contribution < -0.4 is 37.9 Å². The number of hydrogen-bond donors (Lipinski definition) is 7. The van der Waals surface area contributed by atoms with Crippen LogP contribution in [-0.4, -0.2) is 246 Å². The molecule has 0 radical (unpaired) electrons. The lowest BCUT2D eigenvalue weighted by Gasteiger charge is -2.35. The monoisotopic (exact) mass is 1670 g/mol. The lowest BCUT2D eigenvalue weighted by Crippen LogP contribution is -2.54. The van der Waals surface area contributed by atoms with Crippen LogP contribution in [-0.2, 0) is 146 Å². The van der Waals surface area contributed by atoms with Gasteiger partial charge in [-0.2, -0.15) is 0 Å². The number of hydrogen-bond acceptors (Lipinski definition) is 27. The van der Waals surface area contributed by atoms with Crippen molar-refractivity contribution in [2.75, 3.05) is 151 Å². The van der Waals surface area contributed by atoms with Gasteiger partial charge in [-0.15, -0.1) is 5.10 Å². The molecule has 0 bridgehead atoms. The second kappa shape index (κ2) is 49.5. The Balaban J connectivity index is 0.000000407. The number of fused-ring (bicyclic) bond motifs is 5. The van der Waals surface area contributed by atoms with Gasteiger partial charge in [0.1, 0.15) is 43.3 Å². The summed E-state index contributed by atoms with van der Waals surface area (Å²) in [5, 5.41) is 33.2. The smallest absolute Gasteiger partial charge is 0.508 e. The Labute approximate surface area is 697 Å². The van der Waals surface area contributed by atoms with Gasteiger partial charge in [-0.3, -0.25) is 43.3 Å². The first-order valence-electron chi connectivity index (χ1n) is 41.3. The molecule has 35 nitrogen and oxygen atoms in total. The van der Waals surface area contributed by atoms with Crippen LogP contribution in [0.4, 0.5) is 10.5 Å². The number of aryl methyl sites for hydroxylation is 2. The van der Waals surface area contributed by atoms with Crippen LogP contribution in [0.25, 0.3) is 22.3 Å². The summed E-state index contributed by atoms with van der Waals surface area (Å²) in [6.07, 6.45) is 7.53. The summed E-state index contributed by atoms with van der Waals surface area (Å²) in [7, 11) is 1.15. The number of pyridine rings is 2. The number of amides is 7. The van der Waals surface area contributed by atoms with Crippen molar-refractivity contribution in [3.63, 3.8) is 0 Å². The number of aromatic hydroxyl groups is 1. The third-order valence-corrected chi connectivity index (χ3v) is 20.9. The third-order valence-electron chi connectivity index (χ3n) is 20.9. The summed E-state index contributed by atoms with van der Waals surface area (Å²) in [5.41, 5.74) is 11.1. The number of benzene rings is 3. The highest BCUT2D eigenvalue weighted by Crippen LogP contribution is 2.43. The summed E-state index contributed by atoms with van der Waals surface area (Å²) in [6.45, 7) is 15.1. The molecule has 1 unspecified atom stereocenters. The quantitative estimate of drug-likeness (QED) is 0.0149. The average molecular weight is 1670 g/mol. The van der Waals surface area contributed by atoms with E-state index in [1.165, 1.54) is 4.90 Å². The minimum Gasteiger partial charge on any atom is -0.508 e. The Kier molecular flexibility index (Phi) is 38.6. The maximum Gasteiger partial charge on any atom is 0.509 e. The fourth-order valence-corrected chi connectivity index (χ4v) is 14.4. The first kappa shape index (κ1) is 93.7. The van der Waals surface area contributed by atoms with Crippen LogP contribution in [0.2, 0.25) is 0 Å². The van der Waals surface area contributed by atoms with E-state index in [9.17, 15) is 53.1 Å². The van der Waals surface area contributed by atoms with E-state index in [2.05, 4.69) is 41.6 Å². The maximum absolute atomic E-state index is 13.7. The zero-order chi connectivity index (χ0) is 85.6. The molecule has 3 aromatic heterocycles. The number of ether oxygens (including phenoxy) is 12. The van der Waals surface area contributed by atoms with Crippen molar-refractivity contribution in [3.05, 3.63) is 134 Å². The zero-order valence-electron chi connectivity index (χ0n) is 69.3. The summed E-state index contributed by atoms with van der Waals surface area (Å²) in [6, 6.07) is 21.5. The fourth-order valence-electron chi connectivity index (χ4n) is 14.4. The molecular formula is C85H116N12O23. The number of phenolic OH excluding ortho intramolecular Hbond substituents is 1. The molecule has 0 spiro atoms. The molecule has 7 amide bonds. The number of phenols is 1. The van der Waals surface area contributed by atoms with Crippen molar-refractivity contribution in [1.82, 2.24) is 50.7 Å². The van der Waals surface area contributed by atoms with Crippen LogP contribution in [0.15, 0.2) is 89.9 Å². The predicted octanol–water partition coefficient (Wildman–Crippen LogP) is 5.04. The first-order chi connectivity index (χ1) is 58.3. The van der Waals surface area contributed by atoms with E-state index in [-0.39, 0.29) is 104 Å². The van der Waals surface area contributed by atoms with E-state index in [1.54, 1.807) is 53.6 Å². The van der Waals surface area contributed by atoms with Gasteiger partial charge in [-0.05, 0) is 130 Å². The molecular weight excluding hydrogens is 1560 g/mol. The van der Waals surface area contributed by atoms with Crippen molar-refractivity contribution >= 4 is 70.1 Å². The van der Waals surface area contributed by atoms with E-state index in [0.29, 0.717) is 191 Å². The van der Waals surface area contributed by atoms with Gasteiger partial charge in [0.05, 0.1) is 161 Å². The molecule has 1 saturated carbocycles. The van der Waals surface area contributed by atoms with Gasteiger partial charge in [0.25, 0.3) is 5.56 Å². The second-order valence-electron chi connectivity index (χ2n) is 29.4. The van der Waals surface area contributed by atoms with Crippen molar-refractivity contribution in [2.45, 2.75) is 149 Å². The SMILES string of the molecule is CCc1c2c(nc3ccc(O)cc13)-c1cc3c(c(=O)n1C2)COC(=O)[C@@]3(CC)OC(=O)OC.CCc1ccc(NC(=O)[C@H](CCCCN)NC(=O)[C@H](Cc2ccccc2)NC(=O)COCC(=O)NCCOCCOCCOCCOCCOCCOCCOCCOCCn2cc(CNC(=O)C3CCC(CN4C(=O)CC(C)C4=O)CC3)nn2)cc1. The van der Waals surface area contributed by atoms with Crippen LogP contribution in [0.3, 0.4) is 0 Å². The molecule has 3 aromatic carbocycles. The van der Waals surface area contributed by atoms with Crippen LogP contribution in [0.1, 0.15) is 125 Å². The largest absolute Gasteiger partial charge is 0.509 e. The number of anilines is 1. The Morgan fingerprint density at radius 3 is 1.91 bits per heavy atom. The van der Waals surface area contributed by atoms with Gasteiger partial charge in [0.15, 0.2) is 0 Å². The number of carbonyl (C=O) groups excluding carboxylic acids is 9. The highest BCUT2D eigenvalue weighted by Gasteiger charge is 2.51. The van der Waals surface area contributed by atoms with E-state index in [4.69, 9.17) is 62.8 Å². The molecule has 4 atom stereocenters. The maximum atomic E-state index is 13.7. The number of nitrogens with one attached hydrogen (secondary N) is 5. The molecule has 10 rings (SSSR count). The number of nitrogens with two attached hydrogens (primary N) is 1. The highest BCUT2D eigenvalue weighted by atomic mass is 16.7. The number of cyclic esters (lactones) is 1. The summed E-state index contributed by atoms with van der Waals surface area (Å²) in [4.78, 5) is 134. The topological polar surface area (TPSA) is 440 Å². The van der Waals surface area contributed by atoms with Gasteiger partial charge in [0, 0.05) is 60.0 Å². The van der Waals surface area contributed by atoms with Crippen molar-refractivity contribution in [2.24, 2.45) is 23.5 Å². The fraction of sp³-hybridized carbons (Fsp3) is 0.565.